The minimum absolute atomic E-state index is 0.401. The van der Waals surface area contributed by atoms with Crippen molar-refractivity contribution < 1.29 is 17.6 Å². The van der Waals surface area contributed by atoms with Crippen LogP contribution >= 0.6 is 0 Å². The second-order valence-corrected chi connectivity index (χ2v) is 7.03. The van der Waals surface area contributed by atoms with Crippen LogP contribution in [0.2, 0.25) is 0 Å². The number of aromatic amines is 1. The third kappa shape index (κ3) is 3.01. The van der Waals surface area contributed by atoms with Crippen molar-refractivity contribution in [3.8, 4) is 0 Å². The Labute approximate surface area is 169 Å². The molecule has 0 saturated heterocycles. The summed E-state index contributed by atoms with van der Waals surface area (Å²) in [5.74, 6) is -0.401. The molecule has 0 amide bonds. The van der Waals surface area contributed by atoms with Gasteiger partial charge in [-0.15, -0.1) is 0 Å². The number of H-pyrrole nitrogens is 1. The van der Waals surface area contributed by atoms with Crippen molar-refractivity contribution in [3.05, 3.63) is 101 Å². The zero-order valence-electron chi connectivity index (χ0n) is 15.5. The Kier molecular flexibility index (Phi) is 4.10. The van der Waals surface area contributed by atoms with Crippen LogP contribution in [0.4, 0.5) is 23.2 Å². The summed E-state index contributed by atoms with van der Waals surface area (Å²) >= 11 is 0. The topological polar surface area (TPSA) is 28.1 Å². The van der Waals surface area contributed by atoms with Crippen molar-refractivity contribution in [2.75, 3.05) is 0 Å². The van der Waals surface area contributed by atoms with E-state index in [1.54, 1.807) is 12.3 Å². The molecule has 0 bridgehead atoms. The first-order valence-corrected chi connectivity index (χ1v) is 9.24. The molecule has 0 radical (unpaired) electrons. The number of rotatable bonds is 2. The van der Waals surface area contributed by atoms with E-state index in [4.69, 9.17) is 0 Å². The van der Waals surface area contributed by atoms with E-state index in [9.17, 15) is 17.6 Å². The molecule has 148 valence electrons. The number of aromatic nitrogens is 1. The van der Waals surface area contributed by atoms with E-state index in [1.807, 2.05) is 30.5 Å². The summed E-state index contributed by atoms with van der Waals surface area (Å²) in [5, 5.41) is 0.915. The van der Waals surface area contributed by atoms with Gasteiger partial charge in [0.2, 0.25) is 0 Å². The van der Waals surface area contributed by atoms with Crippen LogP contribution in [0.5, 0.6) is 0 Å². The third-order valence-electron chi connectivity index (χ3n) is 5.21. The molecule has 5 rings (SSSR count). The van der Waals surface area contributed by atoms with Gasteiger partial charge in [-0.05, 0) is 42.0 Å². The van der Waals surface area contributed by atoms with Gasteiger partial charge in [0.1, 0.15) is 5.82 Å². The van der Waals surface area contributed by atoms with Crippen molar-refractivity contribution in [2.45, 2.75) is 6.18 Å². The van der Waals surface area contributed by atoms with Gasteiger partial charge < -0.3 is 4.98 Å². The summed E-state index contributed by atoms with van der Waals surface area (Å²) in [6, 6.07) is 17.0. The lowest BCUT2D eigenvalue weighted by Gasteiger charge is -2.13. The van der Waals surface area contributed by atoms with Gasteiger partial charge in [0.25, 0.3) is 0 Å². The largest absolute Gasteiger partial charge is 0.416 e. The van der Waals surface area contributed by atoms with E-state index in [0.29, 0.717) is 28.0 Å². The first-order valence-electron chi connectivity index (χ1n) is 9.24. The minimum atomic E-state index is -4.42. The van der Waals surface area contributed by atoms with Gasteiger partial charge in [-0.1, -0.05) is 30.3 Å². The third-order valence-corrected chi connectivity index (χ3v) is 5.21. The van der Waals surface area contributed by atoms with E-state index < -0.39 is 17.6 Å². The predicted octanol–water partition coefficient (Wildman–Crippen LogP) is 7.00. The normalized spacial score (nSPS) is 14.9. The van der Waals surface area contributed by atoms with Crippen LogP contribution in [0.3, 0.4) is 0 Å². The average Bonchev–Trinajstić information content (AvgIpc) is 3.33. The van der Waals surface area contributed by atoms with Crippen LogP contribution in [0, 0.1) is 5.82 Å². The highest BCUT2D eigenvalue weighted by Crippen LogP contribution is 2.42. The summed E-state index contributed by atoms with van der Waals surface area (Å²) in [4.78, 5) is 7.58. The predicted molar refractivity (Wildman–Crippen MR) is 110 cm³/mol. The zero-order valence-corrected chi connectivity index (χ0v) is 15.5. The highest BCUT2D eigenvalue weighted by Gasteiger charge is 2.30. The van der Waals surface area contributed by atoms with Gasteiger partial charge in [-0.25, -0.2) is 4.39 Å². The van der Waals surface area contributed by atoms with Crippen LogP contribution in [0.1, 0.15) is 22.3 Å². The summed E-state index contributed by atoms with van der Waals surface area (Å²) < 4.78 is 53.2. The molecule has 0 aliphatic carbocycles. The standard InChI is InChI=1S/C24H14F4N2/c25-16-9-10-22-18(11-16)20(13-30-22)23(14-5-7-15(8-6-14)24(26,27)28)19-12-29-21-4-2-1-3-17(19)21/h1-13,29H. The van der Waals surface area contributed by atoms with Crippen molar-refractivity contribution >= 4 is 34.0 Å². The van der Waals surface area contributed by atoms with Crippen molar-refractivity contribution in [2.24, 2.45) is 4.99 Å². The van der Waals surface area contributed by atoms with E-state index in [0.717, 1.165) is 28.6 Å². The Morgan fingerprint density at radius 1 is 0.900 bits per heavy atom. The maximum Gasteiger partial charge on any atom is 0.416 e. The fourth-order valence-corrected chi connectivity index (χ4v) is 3.80. The van der Waals surface area contributed by atoms with Crippen LogP contribution < -0.4 is 0 Å². The number of aliphatic imine (C=N–C) groups is 1. The highest BCUT2D eigenvalue weighted by molar-refractivity contribution is 6.27. The van der Waals surface area contributed by atoms with Crippen LogP contribution in [-0.4, -0.2) is 11.2 Å². The molecule has 6 heteroatoms. The summed E-state index contributed by atoms with van der Waals surface area (Å²) in [5.41, 5.74) is 4.15. The number of hydrogen-bond donors (Lipinski definition) is 1. The summed E-state index contributed by atoms with van der Waals surface area (Å²) in [6.45, 7) is 0. The smallest absolute Gasteiger partial charge is 0.361 e. The lowest BCUT2D eigenvalue weighted by molar-refractivity contribution is -0.137. The molecule has 0 unspecified atom stereocenters. The molecule has 30 heavy (non-hydrogen) atoms. The van der Waals surface area contributed by atoms with Crippen LogP contribution in [0.15, 0.2) is 77.9 Å². The number of halogens is 4. The first-order chi connectivity index (χ1) is 14.4. The van der Waals surface area contributed by atoms with Crippen molar-refractivity contribution in [1.82, 2.24) is 4.98 Å². The monoisotopic (exact) mass is 406 g/mol. The van der Waals surface area contributed by atoms with Gasteiger partial charge in [0.05, 0.1) is 11.3 Å². The number of para-hydroxylation sites is 1. The maximum absolute atomic E-state index is 14.0. The van der Waals surface area contributed by atoms with Crippen molar-refractivity contribution in [3.63, 3.8) is 0 Å². The number of fused-ring (bicyclic) bond motifs is 2. The highest BCUT2D eigenvalue weighted by atomic mass is 19.4. The Balaban J connectivity index is 1.79. The molecule has 2 nitrogen and oxygen atoms in total. The first kappa shape index (κ1) is 18.4. The molecular formula is C24H14F4N2. The quantitative estimate of drug-likeness (QED) is 0.347. The fourth-order valence-electron chi connectivity index (χ4n) is 3.80. The Bertz CT molecular complexity index is 1330. The molecule has 1 aliphatic heterocycles. The molecule has 4 aromatic rings. The number of benzene rings is 3. The summed E-state index contributed by atoms with van der Waals surface area (Å²) in [6.07, 6.45) is -0.966. The Morgan fingerprint density at radius 2 is 1.67 bits per heavy atom. The van der Waals surface area contributed by atoms with Gasteiger partial charge in [0.15, 0.2) is 0 Å². The van der Waals surface area contributed by atoms with Crippen molar-refractivity contribution in [1.29, 1.82) is 0 Å². The van der Waals surface area contributed by atoms with Crippen LogP contribution in [-0.2, 0) is 6.18 Å². The average molecular weight is 406 g/mol. The molecule has 0 atom stereocenters. The van der Waals surface area contributed by atoms with E-state index in [-0.39, 0.29) is 0 Å². The number of hydrogen-bond acceptors (Lipinski definition) is 1. The molecule has 0 spiro atoms. The van der Waals surface area contributed by atoms with E-state index in [1.165, 1.54) is 24.3 Å². The molecule has 3 aromatic carbocycles. The molecule has 1 N–H and O–H groups in total. The SMILES string of the molecule is Fc1ccc2c(c1)C(=C(c1ccc(C(F)(F)F)cc1)c1c[nH]c3ccccc13)C=N2. The van der Waals surface area contributed by atoms with Gasteiger partial charge in [-0.3, -0.25) is 4.99 Å². The molecule has 0 fully saturated rings. The Morgan fingerprint density at radius 3 is 2.43 bits per heavy atom. The second kappa shape index (κ2) is 6.69. The van der Waals surface area contributed by atoms with Gasteiger partial charge in [0, 0.05) is 45.6 Å². The molecule has 1 aromatic heterocycles. The molecule has 0 saturated carbocycles. The van der Waals surface area contributed by atoms with Crippen LogP contribution in [0.25, 0.3) is 22.0 Å². The number of allylic oxidation sites excluding steroid dienone is 1. The van der Waals surface area contributed by atoms with E-state index >= 15 is 0 Å². The van der Waals surface area contributed by atoms with E-state index in [2.05, 4.69) is 9.98 Å². The summed E-state index contributed by atoms with van der Waals surface area (Å²) in [7, 11) is 0. The number of nitrogens with one attached hydrogen (secondary N) is 1. The number of alkyl halides is 3. The molecule has 1 aliphatic rings. The molecule has 2 heterocycles. The second-order valence-electron chi connectivity index (χ2n) is 7.03. The maximum atomic E-state index is 14.0. The molecular weight excluding hydrogens is 392 g/mol. The van der Waals surface area contributed by atoms with Gasteiger partial charge >= 0.3 is 6.18 Å². The lowest BCUT2D eigenvalue weighted by atomic mass is 9.89. The minimum Gasteiger partial charge on any atom is -0.361 e. The fraction of sp³-hybridized carbons (Fsp3) is 0.0417. The Hall–Kier alpha value is -3.67. The lowest BCUT2D eigenvalue weighted by Crippen LogP contribution is -2.04. The number of nitrogens with zero attached hydrogens (tertiary/aromatic N) is 1. The zero-order chi connectivity index (χ0) is 20.9. The van der Waals surface area contributed by atoms with Gasteiger partial charge in [-0.2, -0.15) is 13.2 Å².